The highest BCUT2D eigenvalue weighted by molar-refractivity contribution is 6.30. The van der Waals surface area contributed by atoms with Gasteiger partial charge in [-0.2, -0.15) is 5.10 Å². The molecule has 0 aliphatic carbocycles. The Kier molecular flexibility index (Phi) is 7.65. The molecule has 0 spiro atoms. The fourth-order valence-corrected chi connectivity index (χ4v) is 4.19. The van der Waals surface area contributed by atoms with Crippen LogP contribution >= 0.6 is 11.6 Å². The van der Waals surface area contributed by atoms with Gasteiger partial charge in [-0.3, -0.25) is 4.79 Å². The van der Waals surface area contributed by atoms with Crippen LogP contribution in [-0.4, -0.2) is 18.7 Å². The van der Waals surface area contributed by atoms with E-state index in [0.29, 0.717) is 22.3 Å². The zero-order valence-corrected chi connectivity index (χ0v) is 20.6. The Morgan fingerprint density at radius 2 is 1.79 bits per heavy atom. The summed E-state index contributed by atoms with van der Waals surface area (Å²) in [6.45, 7) is 11.1. The highest BCUT2D eigenvalue weighted by Gasteiger charge is 2.27. The van der Waals surface area contributed by atoms with E-state index >= 15 is 0 Å². The molecule has 0 atom stereocenters. The molecule has 0 unspecified atom stereocenters. The van der Waals surface area contributed by atoms with Gasteiger partial charge in [0.25, 0.3) is 5.91 Å². The molecule has 33 heavy (non-hydrogen) atoms. The number of rotatable bonds is 8. The maximum atomic E-state index is 12.1. The summed E-state index contributed by atoms with van der Waals surface area (Å²) in [6, 6.07) is 18.9. The van der Waals surface area contributed by atoms with Crippen LogP contribution in [0, 0.1) is 5.41 Å². The number of nitrogens with zero attached hydrogens (tertiary/aromatic N) is 1. The Balaban J connectivity index is 1.48. The molecule has 0 aliphatic rings. The number of carbonyl (C=O) groups excluding carboxylic acids is 1. The molecule has 0 saturated heterocycles. The van der Waals surface area contributed by atoms with Gasteiger partial charge in [-0.15, -0.1) is 0 Å². The van der Waals surface area contributed by atoms with Crippen LogP contribution in [0.25, 0.3) is 11.3 Å². The number of hydrazone groups is 1. The molecular weight excluding hydrogens is 436 g/mol. The van der Waals surface area contributed by atoms with Crippen molar-refractivity contribution in [3.8, 4) is 17.1 Å². The molecule has 6 heteroatoms. The van der Waals surface area contributed by atoms with E-state index in [1.807, 2.05) is 36.4 Å². The molecule has 2 aromatic carbocycles. The van der Waals surface area contributed by atoms with Crippen molar-refractivity contribution in [2.24, 2.45) is 10.5 Å². The zero-order chi connectivity index (χ0) is 24.1. The van der Waals surface area contributed by atoms with Crippen LogP contribution in [0.2, 0.25) is 5.02 Å². The van der Waals surface area contributed by atoms with Crippen molar-refractivity contribution < 1.29 is 13.9 Å². The molecule has 0 saturated carbocycles. The number of hydrogen-bond donors (Lipinski definition) is 1. The third-order valence-corrected chi connectivity index (χ3v) is 5.33. The lowest BCUT2D eigenvalue weighted by molar-refractivity contribution is -0.123. The van der Waals surface area contributed by atoms with Crippen molar-refractivity contribution in [1.82, 2.24) is 5.43 Å². The number of ether oxygens (including phenoxy) is 1. The summed E-state index contributed by atoms with van der Waals surface area (Å²) >= 11 is 6.02. The van der Waals surface area contributed by atoms with E-state index < -0.39 is 0 Å². The Morgan fingerprint density at radius 3 is 2.45 bits per heavy atom. The predicted octanol–water partition coefficient (Wildman–Crippen LogP) is 6.84. The van der Waals surface area contributed by atoms with Gasteiger partial charge >= 0.3 is 0 Å². The number of hydrogen-bond acceptors (Lipinski definition) is 4. The first-order valence-corrected chi connectivity index (χ1v) is 11.3. The Labute approximate surface area is 200 Å². The Hall–Kier alpha value is -3.05. The molecule has 3 aromatic rings. The maximum absolute atomic E-state index is 12.1. The summed E-state index contributed by atoms with van der Waals surface area (Å²) < 4.78 is 11.3. The summed E-state index contributed by atoms with van der Waals surface area (Å²) in [6.07, 6.45) is 2.51. The zero-order valence-electron chi connectivity index (χ0n) is 19.8. The molecular formula is C27H31ClN2O3. The van der Waals surface area contributed by atoms with Crippen molar-refractivity contribution in [2.75, 3.05) is 6.61 Å². The minimum absolute atomic E-state index is 0.0569. The summed E-state index contributed by atoms with van der Waals surface area (Å²) in [5, 5.41) is 4.57. The van der Waals surface area contributed by atoms with Crippen LogP contribution in [0.5, 0.6) is 5.75 Å². The number of amides is 1. The average Bonchev–Trinajstić information content (AvgIpc) is 3.20. The van der Waals surface area contributed by atoms with Gasteiger partial charge in [0.1, 0.15) is 17.3 Å². The molecule has 0 radical (unpaired) electrons. The number of halogens is 1. The van der Waals surface area contributed by atoms with E-state index in [0.717, 1.165) is 12.0 Å². The number of nitrogens with one attached hydrogen (secondary N) is 1. The van der Waals surface area contributed by atoms with Crippen LogP contribution in [0.1, 0.15) is 52.4 Å². The molecule has 174 valence electrons. The smallest absolute Gasteiger partial charge is 0.277 e. The Bertz CT molecular complexity index is 1110. The molecule has 0 fully saturated rings. The second-order valence-electron chi connectivity index (χ2n) is 9.94. The van der Waals surface area contributed by atoms with Crippen LogP contribution in [0.4, 0.5) is 0 Å². The monoisotopic (exact) mass is 466 g/mol. The Morgan fingerprint density at radius 1 is 1.06 bits per heavy atom. The van der Waals surface area contributed by atoms with Crippen molar-refractivity contribution in [1.29, 1.82) is 0 Å². The molecule has 1 amide bonds. The molecule has 1 N–H and O–H groups in total. The van der Waals surface area contributed by atoms with E-state index in [4.69, 9.17) is 20.8 Å². The molecule has 0 aliphatic heterocycles. The highest BCUT2D eigenvalue weighted by atomic mass is 35.5. The number of furan rings is 1. The average molecular weight is 467 g/mol. The highest BCUT2D eigenvalue weighted by Crippen LogP contribution is 2.36. The first-order valence-electron chi connectivity index (χ1n) is 10.9. The van der Waals surface area contributed by atoms with E-state index in [9.17, 15) is 4.79 Å². The first kappa shape index (κ1) is 24.6. The topological polar surface area (TPSA) is 63.8 Å². The third-order valence-electron chi connectivity index (χ3n) is 5.09. The lowest BCUT2D eigenvalue weighted by Gasteiger charge is -2.33. The van der Waals surface area contributed by atoms with E-state index in [2.05, 4.69) is 57.3 Å². The minimum Gasteiger partial charge on any atom is -0.484 e. The third kappa shape index (κ3) is 7.50. The second kappa shape index (κ2) is 10.3. The fraction of sp³-hybridized carbons (Fsp3) is 0.333. The van der Waals surface area contributed by atoms with Gasteiger partial charge < -0.3 is 9.15 Å². The molecule has 1 aromatic heterocycles. The second-order valence-corrected chi connectivity index (χ2v) is 10.4. The summed E-state index contributed by atoms with van der Waals surface area (Å²) in [5.74, 6) is 1.47. The van der Waals surface area contributed by atoms with Crippen LogP contribution in [-0.2, 0) is 10.2 Å². The standard InChI is InChI=1S/C27H31ClN2O3/c1-26(2,3)18-27(4,5)20-9-11-22(12-10-20)32-17-25(31)30-29-16-23-13-14-24(33-23)19-7-6-8-21(28)15-19/h6-16H,17-18H2,1-5H3,(H,30,31)/b29-16+. The molecule has 0 bridgehead atoms. The van der Waals surface area contributed by atoms with E-state index in [1.54, 1.807) is 12.1 Å². The minimum atomic E-state index is -0.356. The van der Waals surface area contributed by atoms with Gasteiger partial charge in [0.05, 0.1) is 6.21 Å². The predicted molar refractivity (Wildman–Crippen MR) is 134 cm³/mol. The molecule has 3 rings (SSSR count). The summed E-state index contributed by atoms with van der Waals surface area (Å²) in [7, 11) is 0. The van der Waals surface area contributed by atoms with Gasteiger partial charge in [-0.05, 0) is 59.2 Å². The largest absolute Gasteiger partial charge is 0.484 e. The quantitative estimate of drug-likeness (QED) is 0.292. The van der Waals surface area contributed by atoms with Crippen molar-refractivity contribution in [3.63, 3.8) is 0 Å². The summed E-state index contributed by atoms with van der Waals surface area (Å²) in [4.78, 5) is 12.1. The van der Waals surface area contributed by atoms with Crippen LogP contribution in [0.15, 0.2) is 70.2 Å². The van der Waals surface area contributed by atoms with E-state index in [-0.39, 0.29) is 23.3 Å². The fourth-order valence-electron chi connectivity index (χ4n) is 4.00. The molecule has 5 nitrogen and oxygen atoms in total. The van der Waals surface area contributed by atoms with Crippen molar-refractivity contribution >= 4 is 23.7 Å². The summed E-state index contributed by atoms with van der Waals surface area (Å²) in [5.41, 5.74) is 4.85. The number of benzene rings is 2. The van der Waals surface area contributed by atoms with Crippen LogP contribution in [0.3, 0.4) is 0 Å². The van der Waals surface area contributed by atoms with E-state index in [1.165, 1.54) is 11.8 Å². The van der Waals surface area contributed by atoms with Gasteiger partial charge in [-0.1, -0.05) is 70.5 Å². The van der Waals surface area contributed by atoms with Crippen molar-refractivity contribution in [2.45, 2.75) is 46.5 Å². The normalized spacial score (nSPS) is 12.2. The lowest BCUT2D eigenvalue weighted by atomic mass is 9.72. The number of carbonyl (C=O) groups is 1. The van der Waals surface area contributed by atoms with Gasteiger partial charge in [-0.25, -0.2) is 5.43 Å². The van der Waals surface area contributed by atoms with Gasteiger partial charge in [0, 0.05) is 10.6 Å². The van der Waals surface area contributed by atoms with Gasteiger partial charge in [0.2, 0.25) is 0 Å². The maximum Gasteiger partial charge on any atom is 0.277 e. The molecule has 1 heterocycles. The van der Waals surface area contributed by atoms with Crippen LogP contribution < -0.4 is 10.2 Å². The SMILES string of the molecule is CC(C)(C)CC(C)(C)c1ccc(OCC(=O)N/N=C/c2ccc(-c3cccc(Cl)c3)o2)cc1. The van der Waals surface area contributed by atoms with Crippen molar-refractivity contribution in [3.05, 3.63) is 77.0 Å². The lowest BCUT2D eigenvalue weighted by Crippen LogP contribution is -2.25. The van der Waals surface area contributed by atoms with Gasteiger partial charge in [0.15, 0.2) is 6.61 Å². The first-order chi connectivity index (χ1) is 15.5.